The summed E-state index contributed by atoms with van der Waals surface area (Å²) in [5, 5.41) is 3.15. The molecule has 0 aromatic carbocycles. The van der Waals surface area contributed by atoms with Crippen LogP contribution in [0.3, 0.4) is 0 Å². The molecule has 0 fully saturated rings. The van der Waals surface area contributed by atoms with Crippen LogP contribution >= 0.6 is 0 Å². The highest BCUT2D eigenvalue weighted by molar-refractivity contribution is 5.89. The summed E-state index contributed by atoms with van der Waals surface area (Å²) in [7, 11) is 1.58. The number of carbonyl (C=O) groups is 1. The third kappa shape index (κ3) is 4.17. The molecule has 0 saturated heterocycles. The fraction of sp³-hybridized carbons (Fsp3) is 0.267. The molecule has 0 unspecified atom stereocenters. The van der Waals surface area contributed by atoms with E-state index in [2.05, 4.69) is 15.3 Å². The van der Waals surface area contributed by atoms with Crippen molar-refractivity contribution in [2.75, 3.05) is 19.0 Å². The van der Waals surface area contributed by atoms with Crippen molar-refractivity contribution in [3.63, 3.8) is 0 Å². The number of nitrogens with one attached hydrogen (secondary N) is 1. The van der Waals surface area contributed by atoms with Crippen molar-refractivity contribution in [3.05, 3.63) is 47.8 Å². The first-order chi connectivity index (χ1) is 10.2. The second-order valence-electron chi connectivity index (χ2n) is 4.21. The number of methoxy groups -OCH3 is 1. The second-order valence-corrected chi connectivity index (χ2v) is 4.21. The minimum Gasteiger partial charge on any atom is -0.481 e. The number of carbonyl (C=O) groups excluding carboxylic acids is 1. The van der Waals surface area contributed by atoms with Crippen LogP contribution in [0, 0.1) is 0 Å². The molecule has 0 atom stereocenters. The summed E-state index contributed by atoms with van der Waals surface area (Å²) in [5.74, 6) is 0.894. The van der Waals surface area contributed by atoms with Gasteiger partial charge < -0.3 is 14.8 Å². The lowest BCUT2D eigenvalue weighted by Crippen LogP contribution is -2.06. The Morgan fingerprint density at radius 1 is 1.19 bits per heavy atom. The number of hydrogen-bond donors (Lipinski definition) is 1. The van der Waals surface area contributed by atoms with Crippen molar-refractivity contribution in [2.45, 2.75) is 13.5 Å². The lowest BCUT2D eigenvalue weighted by molar-refractivity contribution is 0.0526. The Bertz CT molecular complexity index is 582. The van der Waals surface area contributed by atoms with E-state index in [1.807, 2.05) is 6.07 Å². The van der Waals surface area contributed by atoms with Crippen LogP contribution in [-0.4, -0.2) is 29.7 Å². The highest BCUT2D eigenvalue weighted by atomic mass is 16.5. The van der Waals surface area contributed by atoms with Gasteiger partial charge in [-0.3, -0.25) is 0 Å². The lowest BCUT2D eigenvalue weighted by atomic mass is 10.2. The van der Waals surface area contributed by atoms with Gasteiger partial charge in [0.15, 0.2) is 0 Å². The lowest BCUT2D eigenvalue weighted by Gasteiger charge is -2.07. The summed E-state index contributed by atoms with van der Waals surface area (Å²) in [6.45, 7) is 2.70. The summed E-state index contributed by atoms with van der Waals surface area (Å²) in [6.07, 6.45) is 3.23. The van der Waals surface area contributed by atoms with Gasteiger partial charge in [-0.25, -0.2) is 14.8 Å². The fourth-order valence-corrected chi connectivity index (χ4v) is 1.66. The standard InChI is InChI=1S/C15H17N3O3/c1-3-21-15(19)12-5-6-13(17-10-12)16-8-11-4-7-14(20-2)18-9-11/h4-7,9-10H,3,8H2,1-2H3,(H,16,17). The van der Waals surface area contributed by atoms with Crippen LogP contribution in [0.1, 0.15) is 22.8 Å². The molecule has 0 saturated carbocycles. The van der Waals surface area contributed by atoms with Crippen LogP contribution in [0.15, 0.2) is 36.7 Å². The summed E-state index contributed by atoms with van der Waals surface area (Å²) in [5.41, 5.74) is 1.44. The maximum atomic E-state index is 11.5. The van der Waals surface area contributed by atoms with Crippen LogP contribution in [0.25, 0.3) is 0 Å². The summed E-state index contributed by atoms with van der Waals surface area (Å²) in [4.78, 5) is 19.8. The molecule has 0 amide bonds. The van der Waals surface area contributed by atoms with Crippen LogP contribution in [0.2, 0.25) is 0 Å². The second kappa shape index (κ2) is 7.23. The molecule has 0 aliphatic heterocycles. The number of nitrogens with zero attached hydrogens (tertiary/aromatic N) is 2. The van der Waals surface area contributed by atoms with Crippen LogP contribution in [0.4, 0.5) is 5.82 Å². The first kappa shape index (κ1) is 14.8. The monoisotopic (exact) mass is 287 g/mol. The molecule has 1 N–H and O–H groups in total. The van der Waals surface area contributed by atoms with Crippen LogP contribution in [0.5, 0.6) is 5.88 Å². The molecule has 0 spiro atoms. The van der Waals surface area contributed by atoms with Crippen molar-refractivity contribution in [3.8, 4) is 5.88 Å². The number of aromatic nitrogens is 2. The fourth-order valence-electron chi connectivity index (χ4n) is 1.66. The first-order valence-corrected chi connectivity index (χ1v) is 6.59. The minimum absolute atomic E-state index is 0.351. The number of hydrogen-bond acceptors (Lipinski definition) is 6. The molecule has 2 rings (SSSR count). The molecule has 2 aromatic heterocycles. The minimum atomic E-state index is -0.365. The highest BCUT2D eigenvalue weighted by Gasteiger charge is 2.06. The number of esters is 1. The molecule has 0 aliphatic carbocycles. The molecule has 2 aromatic rings. The Hall–Kier alpha value is -2.63. The van der Waals surface area contributed by atoms with E-state index in [4.69, 9.17) is 9.47 Å². The van der Waals surface area contributed by atoms with Crippen molar-refractivity contribution >= 4 is 11.8 Å². The highest BCUT2D eigenvalue weighted by Crippen LogP contribution is 2.10. The van der Waals surface area contributed by atoms with Gasteiger partial charge in [-0.2, -0.15) is 0 Å². The zero-order chi connectivity index (χ0) is 15.1. The van der Waals surface area contributed by atoms with Gasteiger partial charge in [0.25, 0.3) is 0 Å². The van der Waals surface area contributed by atoms with E-state index in [0.29, 0.717) is 30.4 Å². The molecular formula is C15H17N3O3. The summed E-state index contributed by atoms with van der Waals surface area (Å²) < 4.78 is 9.90. The number of anilines is 1. The Kier molecular flexibility index (Phi) is 5.09. The average molecular weight is 287 g/mol. The van der Waals surface area contributed by atoms with E-state index in [1.54, 1.807) is 38.4 Å². The topological polar surface area (TPSA) is 73.3 Å². The van der Waals surface area contributed by atoms with Gasteiger partial charge in [0.1, 0.15) is 5.82 Å². The quantitative estimate of drug-likeness (QED) is 0.822. The van der Waals surface area contributed by atoms with E-state index in [0.717, 1.165) is 5.56 Å². The van der Waals surface area contributed by atoms with E-state index < -0.39 is 0 Å². The molecule has 110 valence electrons. The van der Waals surface area contributed by atoms with Gasteiger partial charge in [0.2, 0.25) is 5.88 Å². The molecular weight excluding hydrogens is 270 g/mol. The number of rotatable bonds is 6. The Balaban J connectivity index is 1.92. The normalized spacial score (nSPS) is 10.0. The van der Waals surface area contributed by atoms with Gasteiger partial charge in [0, 0.05) is 25.0 Å². The van der Waals surface area contributed by atoms with E-state index in [1.165, 1.54) is 6.20 Å². The van der Waals surface area contributed by atoms with Crippen LogP contribution < -0.4 is 10.1 Å². The molecule has 6 heteroatoms. The molecule has 21 heavy (non-hydrogen) atoms. The molecule has 6 nitrogen and oxygen atoms in total. The average Bonchev–Trinajstić information content (AvgIpc) is 2.54. The zero-order valence-corrected chi connectivity index (χ0v) is 12.0. The smallest absolute Gasteiger partial charge is 0.339 e. The molecule has 2 heterocycles. The molecule has 0 aliphatic rings. The van der Waals surface area contributed by atoms with Crippen molar-refractivity contribution < 1.29 is 14.3 Å². The van der Waals surface area contributed by atoms with Crippen LogP contribution in [-0.2, 0) is 11.3 Å². The van der Waals surface area contributed by atoms with E-state index >= 15 is 0 Å². The SMILES string of the molecule is CCOC(=O)c1ccc(NCc2ccc(OC)nc2)nc1. The predicted octanol–water partition coefficient (Wildman–Crippen LogP) is 2.27. The number of pyridine rings is 2. The Morgan fingerprint density at radius 3 is 2.62 bits per heavy atom. The first-order valence-electron chi connectivity index (χ1n) is 6.59. The Morgan fingerprint density at radius 2 is 2.05 bits per heavy atom. The van der Waals surface area contributed by atoms with E-state index in [-0.39, 0.29) is 5.97 Å². The predicted molar refractivity (Wildman–Crippen MR) is 78.3 cm³/mol. The number of ether oxygens (including phenoxy) is 2. The molecule has 0 bridgehead atoms. The van der Waals surface area contributed by atoms with Gasteiger partial charge in [-0.15, -0.1) is 0 Å². The molecule has 0 radical (unpaired) electrons. The van der Waals surface area contributed by atoms with Gasteiger partial charge in [-0.1, -0.05) is 6.07 Å². The van der Waals surface area contributed by atoms with Crippen molar-refractivity contribution in [1.82, 2.24) is 9.97 Å². The third-order valence-electron chi connectivity index (χ3n) is 2.75. The van der Waals surface area contributed by atoms with Crippen molar-refractivity contribution in [1.29, 1.82) is 0 Å². The van der Waals surface area contributed by atoms with E-state index in [9.17, 15) is 4.79 Å². The summed E-state index contributed by atoms with van der Waals surface area (Å²) in [6, 6.07) is 7.14. The Labute approximate surface area is 123 Å². The van der Waals surface area contributed by atoms with Crippen molar-refractivity contribution in [2.24, 2.45) is 0 Å². The van der Waals surface area contributed by atoms with Gasteiger partial charge in [-0.05, 0) is 24.6 Å². The maximum absolute atomic E-state index is 11.5. The third-order valence-corrected chi connectivity index (χ3v) is 2.75. The van der Waals surface area contributed by atoms with Gasteiger partial charge >= 0.3 is 5.97 Å². The maximum Gasteiger partial charge on any atom is 0.339 e. The summed E-state index contributed by atoms with van der Waals surface area (Å²) >= 11 is 0. The largest absolute Gasteiger partial charge is 0.481 e. The van der Waals surface area contributed by atoms with Gasteiger partial charge in [0.05, 0.1) is 19.3 Å². The zero-order valence-electron chi connectivity index (χ0n) is 12.0.